The number of carboxylic acids is 1. The summed E-state index contributed by atoms with van der Waals surface area (Å²) in [5.74, 6) is -0.0714. The molecule has 0 heterocycles. The van der Waals surface area contributed by atoms with Gasteiger partial charge in [0.05, 0.1) is 12.7 Å². The molecule has 0 bridgehead atoms. The number of rotatable bonds is 5. The second-order valence-electron chi connectivity index (χ2n) is 5.00. The van der Waals surface area contributed by atoms with Crippen molar-refractivity contribution in [1.82, 2.24) is 0 Å². The maximum Gasteiger partial charge on any atom is 0.335 e. The number of nitrogens with one attached hydrogen (secondary N) is 1. The van der Waals surface area contributed by atoms with Crippen molar-refractivity contribution in [3.8, 4) is 5.75 Å². The van der Waals surface area contributed by atoms with Crippen LogP contribution < -0.4 is 10.1 Å². The SMILES string of the molecule is COc1ccc(C)cc1CNc1ccc(C(=O)O)cc1C. The van der Waals surface area contributed by atoms with Gasteiger partial charge in [-0.3, -0.25) is 0 Å². The monoisotopic (exact) mass is 285 g/mol. The lowest BCUT2D eigenvalue weighted by molar-refractivity contribution is 0.0697. The second-order valence-corrected chi connectivity index (χ2v) is 5.00. The molecule has 4 nitrogen and oxygen atoms in total. The topological polar surface area (TPSA) is 58.6 Å². The minimum atomic E-state index is -0.912. The van der Waals surface area contributed by atoms with Crippen molar-refractivity contribution in [2.75, 3.05) is 12.4 Å². The van der Waals surface area contributed by atoms with Gasteiger partial charge in [0, 0.05) is 17.8 Å². The van der Waals surface area contributed by atoms with Gasteiger partial charge >= 0.3 is 5.97 Å². The van der Waals surface area contributed by atoms with Gasteiger partial charge in [0.15, 0.2) is 0 Å². The van der Waals surface area contributed by atoms with Gasteiger partial charge in [0.2, 0.25) is 0 Å². The number of anilines is 1. The van der Waals surface area contributed by atoms with Crippen LogP contribution in [0.25, 0.3) is 0 Å². The van der Waals surface area contributed by atoms with E-state index in [1.54, 1.807) is 25.3 Å². The van der Waals surface area contributed by atoms with Gasteiger partial charge in [-0.2, -0.15) is 0 Å². The minimum absolute atomic E-state index is 0.297. The van der Waals surface area contributed by atoms with Crippen molar-refractivity contribution in [2.45, 2.75) is 20.4 Å². The predicted molar refractivity (Wildman–Crippen MR) is 83.2 cm³/mol. The van der Waals surface area contributed by atoms with Crippen LogP contribution in [-0.4, -0.2) is 18.2 Å². The summed E-state index contributed by atoms with van der Waals surface area (Å²) in [6.45, 7) is 4.55. The van der Waals surface area contributed by atoms with E-state index in [2.05, 4.69) is 11.4 Å². The summed E-state index contributed by atoms with van der Waals surface area (Å²) < 4.78 is 5.35. The summed E-state index contributed by atoms with van der Waals surface area (Å²) in [7, 11) is 1.65. The van der Waals surface area contributed by atoms with Crippen LogP contribution in [0.15, 0.2) is 36.4 Å². The Kier molecular flexibility index (Phi) is 4.48. The Balaban J connectivity index is 2.17. The number of ether oxygens (including phenoxy) is 1. The van der Waals surface area contributed by atoms with Gasteiger partial charge < -0.3 is 15.2 Å². The number of benzene rings is 2. The average Bonchev–Trinajstić information content (AvgIpc) is 2.46. The molecular formula is C17H19NO3. The maximum absolute atomic E-state index is 10.9. The molecule has 0 aliphatic heterocycles. The minimum Gasteiger partial charge on any atom is -0.496 e. The Labute approximate surface area is 124 Å². The van der Waals surface area contributed by atoms with Crippen LogP contribution in [-0.2, 0) is 6.54 Å². The Morgan fingerprint density at radius 1 is 1.19 bits per heavy atom. The highest BCUT2D eigenvalue weighted by molar-refractivity contribution is 5.88. The molecule has 110 valence electrons. The van der Waals surface area contributed by atoms with E-state index in [4.69, 9.17) is 9.84 Å². The van der Waals surface area contributed by atoms with Crippen LogP contribution in [0.3, 0.4) is 0 Å². The molecule has 0 aromatic heterocycles. The van der Waals surface area contributed by atoms with Crippen LogP contribution in [0.5, 0.6) is 5.75 Å². The standard InChI is InChI=1S/C17H19NO3/c1-11-4-7-16(21-3)14(8-11)10-18-15-6-5-13(17(19)20)9-12(15)2/h4-9,18H,10H2,1-3H3,(H,19,20). The number of aryl methyl sites for hydroxylation is 2. The first-order chi connectivity index (χ1) is 10.0. The van der Waals surface area contributed by atoms with E-state index < -0.39 is 5.97 Å². The van der Waals surface area contributed by atoms with Gasteiger partial charge in [0.1, 0.15) is 5.75 Å². The zero-order valence-electron chi connectivity index (χ0n) is 12.4. The number of carboxylic acid groups (broad SMARTS) is 1. The van der Waals surface area contributed by atoms with Crippen LogP contribution in [0.4, 0.5) is 5.69 Å². The summed E-state index contributed by atoms with van der Waals surface area (Å²) in [5.41, 5.74) is 4.36. The largest absolute Gasteiger partial charge is 0.496 e. The number of methoxy groups -OCH3 is 1. The summed E-state index contributed by atoms with van der Waals surface area (Å²) in [6.07, 6.45) is 0. The highest BCUT2D eigenvalue weighted by Crippen LogP contribution is 2.22. The molecule has 2 N–H and O–H groups in total. The van der Waals surface area contributed by atoms with Crippen LogP contribution in [0.1, 0.15) is 27.0 Å². The quantitative estimate of drug-likeness (QED) is 0.881. The highest BCUT2D eigenvalue weighted by atomic mass is 16.5. The van der Waals surface area contributed by atoms with Crippen molar-refractivity contribution in [1.29, 1.82) is 0 Å². The fourth-order valence-electron chi connectivity index (χ4n) is 2.23. The van der Waals surface area contributed by atoms with E-state index in [0.717, 1.165) is 22.6 Å². The predicted octanol–water partition coefficient (Wildman–Crippen LogP) is 3.62. The van der Waals surface area contributed by atoms with Gasteiger partial charge in [-0.15, -0.1) is 0 Å². The maximum atomic E-state index is 10.9. The Morgan fingerprint density at radius 2 is 1.95 bits per heavy atom. The highest BCUT2D eigenvalue weighted by Gasteiger charge is 2.07. The molecule has 2 aromatic carbocycles. The zero-order valence-corrected chi connectivity index (χ0v) is 12.4. The van der Waals surface area contributed by atoms with E-state index in [9.17, 15) is 4.79 Å². The smallest absolute Gasteiger partial charge is 0.335 e. The number of aromatic carboxylic acids is 1. The molecule has 0 aliphatic rings. The Morgan fingerprint density at radius 3 is 2.57 bits per heavy atom. The first-order valence-corrected chi connectivity index (χ1v) is 6.72. The summed E-state index contributed by atoms with van der Waals surface area (Å²) in [4.78, 5) is 10.9. The number of hydrogen-bond acceptors (Lipinski definition) is 3. The fraction of sp³-hybridized carbons (Fsp3) is 0.235. The van der Waals surface area contributed by atoms with Gasteiger partial charge in [-0.05, 0) is 43.7 Å². The fourth-order valence-corrected chi connectivity index (χ4v) is 2.23. The van der Waals surface area contributed by atoms with E-state index in [1.807, 2.05) is 26.0 Å². The lowest BCUT2D eigenvalue weighted by Crippen LogP contribution is -2.04. The number of hydrogen-bond donors (Lipinski definition) is 2. The lowest BCUT2D eigenvalue weighted by Gasteiger charge is -2.13. The molecule has 2 rings (SSSR count). The molecule has 0 fully saturated rings. The summed E-state index contributed by atoms with van der Waals surface area (Å²) in [6, 6.07) is 11.1. The van der Waals surface area contributed by atoms with E-state index in [-0.39, 0.29) is 0 Å². The van der Waals surface area contributed by atoms with Crippen molar-refractivity contribution in [3.63, 3.8) is 0 Å². The third-order valence-corrected chi connectivity index (χ3v) is 3.38. The third kappa shape index (κ3) is 3.54. The molecule has 21 heavy (non-hydrogen) atoms. The third-order valence-electron chi connectivity index (χ3n) is 3.38. The molecular weight excluding hydrogens is 266 g/mol. The second kappa shape index (κ2) is 6.31. The van der Waals surface area contributed by atoms with Gasteiger partial charge in [-0.1, -0.05) is 17.7 Å². The molecule has 0 radical (unpaired) electrons. The van der Waals surface area contributed by atoms with Gasteiger partial charge in [-0.25, -0.2) is 4.79 Å². The summed E-state index contributed by atoms with van der Waals surface area (Å²) >= 11 is 0. The van der Waals surface area contributed by atoms with Crippen LogP contribution in [0, 0.1) is 13.8 Å². The molecule has 0 aliphatic carbocycles. The first-order valence-electron chi connectivity index (χ1n) is 6.72. The van der Waals surface area contributed by atoms with Crippen molar-refractivity contribution >= 4 is 11.7 Å². The molecule has 4 heteroatoms. The molecule has 0 unspecified atom stereocenters. The molecule has 0 saturated carbocycles. The average molecular weight is 285 g/mol. The normalized spacial score (nSPS) is 10.2. The Bertz CT molecular complexity index is 665. The van der Waals surface area contributed by atoms with Crippen LogP contribution >= 0.6 is 0 Å². The van der Waals surface area contributed by atoms with Crippen molar-refractivity contribution < 1.29 is 14.6 Å². The van der Waals surface area contributed by atoms with Crippen molar-refractivity contribution in [2.24, 2.45) is 0 Å². The zero-order chi connectivity index (χ0) is 15.4. The lowest BCUT2D eigenvalue weighted by atomic mass is 10.1. The molecule has 0 saturated heterocycles. The van der Waals surface area contributed by atoms with E-state index in [1.165, 1.54) is 5.56 Å². The summed E-state index contributed by atoms with van der Waals surface area (Å²) in [5, 5.41) is 12.3. The molecule has 2 aromatic rings. The molecule has 0 spiro atoms. The van der Waals surface area contributed by atoms with E-state index >= 15 is 0 Å². The number of carbonyl (C=O) groups is 1. The molecule has 0 amide bonds. The Hall–Kier alpha value is -2.49. The van der Waals surface area contributed by atoms with Crippen molar-refractivity contribution in [3.05, 3.63) is 58.7 Å². The first kappa shape index (κ1) is 14.9. The van der Waals surface area contributed by atoms with Crippen LogP contribution in [0.2, 0.25) is 0 Å². The van der Waals surface area contributed by atoms with E-state index in [0.29, 0.717) is 12.1 Å². The molecule has 0 atom stereocenters. The van der Waals surface area contributed by atoms with Gasteiger partial charge in [0.25, 0.3) is 0 Å².